The van der Waals surface area contributed by atoms with Crippen LogP contribution in [0.3, 0.4) is 0 Å². The minimum atomic E-state index is -0.704. The molecule has 0 bridgehead atoms. The van der Waals surface area contributed by atoms with Gasteiger partial charge in [-0.05, 0) is 37.5 Å². The number of hydrogen-bond acceptors (Lipinski definition) is 6. The Bertz CT molecular complexity index is 1050. The minimum Gasteiger partial charge on any atom is -0.459 e. The average molecular weight is 418 g/mol. The molecule has 2 amide bonds. The number of carbonyl (C=O) groups is 3. The Morgan fingerprint density at radius 2 is 1.79 bits per heavy atom. The summed E-state index contributed by atoms with van der Waals surface area (Å²) in [6.45, 7) is 1.18. The molecule has 0 unspecified atom stereocenters. The van der Waals surface area contributed by atoms with Crippen molar-refractivity contribution in [3.63, 3.8) is 0 Å². The van der Waals surface area contributed by atoms with E-state index in [-0.39, 0.29) is 30.3 Å². The fraction of sp³-hybridized carbons (Fsp3) is 0.429. The van der Waals surface area contributed by atoms with Crippen molar-refractivity contribution >= 4 is 40.4 Å². The maximum absolute atomic E-state index is 12.5. The standard InChI is InChI=1S/C21H20ClNO6/c1-11-6-17-15(8-16(11)22)12(7-18(24)29-17)10-28-19(25)9-23-20(26)13-4-2-3-5-14(13)21(23)27/h6-8,13-14H,2-5,9-10H2,1H3/t13-,14+. The first-order valence-corrected chi connectivity index (χ1v) is 9.96. The summed E-state index contributed by atoms with van der Waals surface area (Å²) in [4.78, 5) is 50.1. The van der Waals surface area contributed by atoms with E-state index >= 15 is 0 Å². The van der Waals surface area contributed by atoms with Gasteiger partial charge in [0.2, 0.25) is 11.8 Å². The monoisotopic (exact) mass is 417 g/mol. The van der Waals surface area contributed by atoms with Crippen molar-refractivity contribution in [2.24, 2.45) is 11.8 Å². The molecule has 8 heteroatoms. The number of ether oxygens (including phenoxy) is 1. The molecule has 0 spiro atoms. The first-order chi connectivity index (χ1) is 13.8. The predicted octanol–water partition coefficient (Wildman–Crippen LogP) is 2.97. The molecule has 1 saturated heterocycles. The zero-order valence-electron chi connectivity index (χ0n) is 15.9. The SMILES string of the molecule is Cc1cc2oc(=O)cc(COC(=O)CN3C(=O)[C@H]4CCCC[C@H]4C3=O)c2cc1Cl. The lowest BCUT2D eigenvalue weighted by atomic mass is 9.81. The molecule has 29 heavy (non-hydrogen) atoms. The molecule has 7 nitrogen and oxygen atoms in total. The zero-order valence-corrected chi connectivity index (χ0v) is 16.7. The Balaban J connectivity index is 1.48. The van der Waals surface area contributed by atoms with Crippen LogP contribution in [0.25, 0.3) is 11.0 Å². The Morgan fingerprint density at radius 3 is 2.45 bits per heavy atom. The minimum absolute atomic E-state index is 0.191. The molecule has 152 valence electrons. The number of fused-ring (bicyclic) bond motifs is 2. The third-order valence-electron chi connectivity index (χ3n) is 5.72. The molecule has 0 radical (unpaired) electrons. The highest BCUT2D eigenvalue weighted by Crippen LogP contribution is 2.37. The number of carbonyl (C=O) groups excluding carboxylic acids is 3. The second kappa shape index (κ2) is 7.63. The van der Waals surface area contributed by atoms with Gasteiger partial charge in [0.1, 0.15) is 18.7 Å². The van der Waals surface area contributed by atoms with Gasteiger partial charge in [0.15, 0.2) is 0 Å². The number of esters is 1. The molecule has 1 aromatic carbocycles. The van der Waals surface area contributed by atoms with Crippen molar-refractivity contribution < 1.29 is 23.5 Å². The number of benzene rings is 1. The van der Waals surface area contributed by atoms with E-state index in [1.165, 1.54) is 6.07 Å². The quantitative estimate of drug-likeness (QED) is 0.431. The van der Waals surface area contributed by atoms with E-state index in [9.17, 15) is 19.2 Å². The van der Waals surface area contributed by atoms with E-state index in [1.807, 2.05) is 0 Å². The third kappa shape index (κ3) is 3.67. The molecule has 2 heterocycles. The summed E-state index contributed by atoms with van der Waals surface area (Å²) in [5, 5.41) is 1.06. The van der Waals surface area contributed by atoms with E-state index in [4.69, 9.17) is 20.8 Å². The van der Waals surface area contributed by atoms with Crippen molar-refractivity contribution in [3.8, 4) is 0 Å². The van der Waals surface area contributed by atoms with Gasteiger partial charge < -0.3 is 9.15 Å². The van der Waals surface area contributed by atoms with Crippen molar-refractivity contribution in [2.45, 2.75) is 39.2 Å². The van der Waals surface area contributed by atoms with Gasteiger partial charge in [-0.25, -0.2) is 4.79 Å². The lowest BCUT2D eigenvalue weighted by Crippen LogP contribution is -2.36. The van der Waals surface area contributed by atoms with Crippen LogP contribution in [-0.2, 0) is 25.7 Å². The lowest BCUT2D eigenvalue weighted by Gasteiger charge is -2.19. The third-order valence-corrected chi connectivity index (χ3v) is 6.12. The highest BCUT2D eigenvalue weighted by molar-refractivity contribution is 6.32. The number of nitrogens with zero attached hydrogens (tertiary/aromatic N) is 1. The van der Waals surface area contributed by atoms with Crippen LogP contribution < -0.4 is 5.63 Å². The molecule has 1 aliphatic carbocycles. The van der Waals surface area contributed by atoms with Crippen LogP contribution in [0.15, 0.2) is 27.4 Å². The van der Waals surface area contributed by atoms with Crippen LogP contribution in [0.5, 0.6) is 0 Å². The second-order valence-corrected chi connectivity index (χ2v) is 8.02. The summed E-state index contributed by atoms with van der Waals surface area (Å²) >= 11 is 6.16. The summed E-state index contributed by atoms with van der Waals surface area (Å²) in [6.07, 6.45) is 3.22. The maximum atomic E-state index is 12.5. The van der Waals surface area contributed by atoms with Crippen LogP contribution in [0.2, 0.25) is 5.02 Å². The van der Waals surface area contributed by atoms with Gasteiger partial charge in [-0.3, -0.25) is 19.3 Å². The van der Waals surface area contributed by atoms with Crippen LogP contribution in [0.4, 0.5) is 0 Å². The van der Waals surface area contributed by atoms with Crippen LogP contribution in [0.1, 0.15) is 36.8 Å². The number of halogens is 1. The van der Waals surface area contributed by atoms with Crippen LogP contribution in [-0.4, -0.2) is 29.2 Å². The molecule has 1 saturated carbocycles. The Morgan fingerprint density at radius 1 is 1.14 bits per heavy atom. The summed E-state index contributed by atoms with van der Waals surface area (Å²) in [6, 6.07) is 4.53. The van der Waals surface area contributed by atoms with Gasteiger partial charge in [-0.2, -0.15) is 0 Å². The van der Waals surface area contributed by atoms with Gasteiger partial charge in [0, 0.05) is 22.0 Å². The van der Waals surface area contributed by atoms with E-state index in [0.29, 0.717) is 34.4 Å². The number of amides is 2. The Kier molecular flexibility index (Phi) is 5.17. The average Bonchev–Trinajstić information content (AvgIpc) is 2.93. The molecule has 2 atom stereocenters. The van der Waals surface area contributed by atoms with Crippen molar-refractivity contribution in [1.29, 1.82) is 0 Å². The first kappa shape index (κ1) is 19.6. The summed E-state index contributed by atoms with van der Waals surface area (Å²) in [5.41, 5.74) is 0.974. The molecule has 2 aliphatic rings. The number of imide groups is 1. The molecular weight excluding hydrogens is 398 g/mol. The van der Waals surface area contributed by atoms with Crippen molar-refractivity contribution in [2.75, 3.05) is 6.54 Å². The molecule has 0 N–H and O–H groups in total. The van der Waals surface area contributed by atoms with Gasteiger partial charge >= 0.3 is 11.6 Å². The fourth-order valence-electron chi connectivity index (χ4n) is 4.19. The van der Waals surface area contributed by atoms with E-state index < -0.39 is 18.1 Å². The van der Waals surface area contributed by atoms with Crippen molar-refractivity contribution in [3.05, 3.63) is 44.8 Å². The second-order valence-electron chi connectivity index (χ2n) is 7.61. The van der Waals surface area contributed by atoms with E-state index in [0.717, 1.165) is 23.3 Å². The number of rotatable bonds is 4. The molecular formula is C21H20ClNO6. The van der Waals surface area contributed by atoms with Gasteiger partial charge in [0.25, 0.3) is 0 Å². The largest absolute Gasteiger partial charge is 0.459 e. The molecule has 2 fully saturated rings. The zero-order chi connectivity index (χ0) is 20.7. The molecule has 4 rings (SSSR count). The predicted molar refractivity (Wildman–Crippen MR) is 104 cm³/mol. The van der Waals surface area contributed by atoms with Crippen LogP contribution >= 0.6 is 11.6 Å². The fourth-order valence-corrected chi connectivity index (χ4v) is 4.35. The van der Waals surface area contributed by atoms with Gasteiger partial charge in [-0.15, -0.1) is 0 Å². The highest BCUT2D eigenvalue weighted by Gasteiger charge is 2.48. The van der Waals surface area contributed by atoms with Gasteiger partial charge in [-0.1, -0.05) is 24.4 Å². The normalized spacial score (nSPS) is 21.5. The highest BCUT2D eigenvalue weighted by atomic mass is 35.5. The molecule has 1 aliphatic heterocycles. The smallest absolute Gasteiger partial charge is 0.336 e. The first-order valence-electron chi connectivity index (χ1n) is 9.59. The number of likely N-dealkylation sites (tertiary alicyclic amines) is 1. The Hall–Kier alpha value is -2.67. The Labute approximate surface area is 171 Å². The van der Waals surface area contributed by atoms with Crippen LogP contribution in [0, 0.1) is 18.8 Å². The maximum Gasteiger partial charge on any atom is 0.336 e. The molecule has 1 aromatic heterocycles. The summed E-state index contributed by atoms with van der Waals surface area (Å²) in [5.74, 6) is -1.89. The lowest BCUT2D eigenvalue weighted by molar-refractivity contribution is -0.153. The number of aryl methyl sites for hydroxylation is 1. The topological polar surface area (TPSA) is 93.9 Å². The van der Waals surface area contributed by atoms with E-state index in [2.05, 4.69) is 0 Å². The van der Waals surface area contributed by atoms with E-state index in [1.54, 1.807) is 19.1 Å². The number of hydrogen-bond donors (Lipinski definition) is 0. The molecule has 2 aromatic rings. The van der Waals surface area contributed by atoms with Gasteiger partial charge in [0.05, 0.1) is 11.8 Å². The van der Waals surface area contributed by atoms with Crippen molar-refractivity contribution in [1.82, 2.24) is 4.90 Å². The summed E-state index contributed by atoms with van der Waals surface area (Å²) in [7, 11) is 0. The summed E-state index contributed by atoms with van der Waals surface area (Å²) < 4.78 is 10.4.